The van der Waals surface area contributed by atoms with Crippen molar-refractivity contribution in [2.24, 2.45) is 0 Å². The third kappa shape index (κ3) is 3.04. The normalized spacial score (nSPS) is 12.3. The average molecular weight is 227 g/mol. The van der Waals surface area contributed by atoms with E-state index in [0.717, 1.165) is 12.2 Å². The summed E-state index contributed by atoms with van der Waals surface area (Å²) in [6.07, 6.45) is 7.42. The number of hydrogen-bond acceptors (Lipinski definition) is 2. The van der Waals surface area contributed by atoms with Crippen LogP contribution in [-0.2, 0) is 6.54 Å². The first-order valence-electron chi connectivity index (χ1n) is 5.73. The van der Waals surface area contributed by atoms with E-state index in [-0.39, 0.29) is 0 Å². The molecular formula is C14H17N3. The molecule has 1 aromatic heterocycles. The van der Waals surface area contributed by atoms with Gasteiger partial charge in [0.2, 0.25) is 0 Å². The minimum atomic E-state index is 0.336. The van der Waals surface area contributed by atoms with Crippen LogP contribution in [0.2, 0.25) is 0 Å². The first kappa shape index (κ1) is 11.6. The molecule has 2 aromatic rings. The second-order valence-corrected chi connectivity index (χ2v) is 4.04. The maximum Gasteiger partial charge on any atom is 0.0991 e. The summed E-state index contributed by atoms with van der Waals surface area (Å²) in [5.41, 5.74) is 2.39. The molecule has 0 saturated heterocycles. The molecule has 88 valence electrons. The zero-order chi connectivity index (χ0) is 12.1. The van der Waals surface area contributed by atoms with Gasteiger partial charge in [-0.1, -0.05) is 18.2 Å². The predicted molar refractivity (Wildman–Crippen MR) is 70.1 cm³/mol. The lowest BCUT2D eigenvalue weighted by Crippen LogP contribution is -2.22. The Morgan fingerprint density at radius 2 is 2.18 bits per heavy atom. The Labute approximate surface area is 102 Å². The van der Waals surface area contributed by atoms with Crippen LogP contribution in [0.25, 0.3) is 5.69 Å². The van der Waals surface area contributed by atoms with E-state index in [1.54, 1.807) is 12.5 Å². The van der Waals surface area contributed by atoms with Gasteiger partial charge in [-0.15, -0.1) is 6.58 Å². The van der Waals surface area contributed by atoms with Gasteiger partial charge in [0.15, 0.2) is 0 Å². The van der Waals surface area contributed by atoms with Crippen LogP contribution < -0.4 is 5.32 Å². The van der Waals surface area contributed by atoms with E-state index < -0.39 is 0 Å². The van der Waals surface area contributed by atoms with Gasteiger partial charge in [-0.25, -0.2) is 4.98 Å². The third-order valence-corrected chi connectivity index (χ3v) is 2.72. The van der Waals surface area contributed by atoms with Crippen molar-refractivity contribution >= 4 is 0 Å². The zero-order valence-electron chi connectivity index (χ0n) is 10.0. The summed E-state index contributed by atoms with van der Waals surface area (Å²) in [7, 11) is 0. The highest BCUT2D eigenvalue weighted by atomic mass is 15.0. The van der Waals surface area contributed by atoms with Crippen LogP contribution in [0.3, 0.4) is 0 Å². The molecule has 3 heteroatoms. The van der Waals surface area contributed by atoms with Crippen molar-refractivity contribution < 1.29 is 0 Å². The van der Waals surface area contributed by atoms with E-state index in [9.17, 15) is 0 Å². The van der Waals surface area contributed by atoms with Gasteiger partial charge < -0.3 is 9.88 Å². The van der Waals surface area contributed by atoms with Gasteiger partial charge in [0, 0.05) is 30.7 Å². The van der Waals surface area contributed by atoms with Gasteiger partial charge in [0.25, 0.3) is 0 Å². The largest absolute Gasteiger partial charge is 0.307 e. The molecule has 0 bridgehead atoms. The van der Waals surface area contributed by atoms with Gasteiger partial charge in [-0.3, -0.25) is 0 Å². The highest BCUT2D eigenvalue weighted by molar-refractivity contribution is 5.34. The lowest BCUT2D eigenvalue weighted by atomic mass is 10.2. The Kier molecular flexibility index (Phi) is 3.73. The van der Waals surface area contributed by atoms with Crippen LogP contribution in [0.5, 0.6) is 0 Å². The summed E-state index contributed by atoms with van der Waals surface area (Å²) in [5.74, 6) is 0. The number of imidazole rings is 1. The van der Waals surface area contributed by atoms with E-state index >= 15 is 0 Å². The van der Waals surface area contributed by atoms with Crippen LogP contribution in [0, 0.1) is 0 Å². The fraction of sp³-hybridized carbons (Fsp3) is 0.214. The molecule has 2 rings (SSSR count). The quantitative estimate of drug-likeness (QED) is 0.795. The first-order valence-corrected chi connectivity index (χ1v) is 5.73. The number of aromatic nitrogens is 2. The molecule has 0 aliphatic rings. The van der Waals surface area contributed by atoms with Gasteiger partial charge in [-0.05, 0) is 24.6 Å². The molecule has 1 unspecified atom stereocenters. The van der Waals surface area contributed by atoms with Gasteiger partial charge >= 0.3 is 0 Å². The van der Waals surface area contributed by atoms with E-state index in [4.69, 9.17) is 0 Å². The maximum absolute atomic E-state index is 4.03. The second kappa shape index (κ2) is 5.46. The number of nitrogens with zero attached hydrogens (tertiary/aromatic N) is 2. The molecule has 0 fully saturated rings. The van der Waals surface area contributed by atoms with Crippen molar-refractivity contribution in [2.75, 3.05) is 0 Å². The fourth-order valence-electron chi connectivity index (χ4n) is 1.56. The zero-order valence-corrected chi connectivity index (χ0v) is 10.0. The molecule has 3 nitrogen and oxygen atoms in total. The Bertz CT molecular complexity index is 457. The SMILES string of the molecule is C=CC(C)NCc1ccc(-n2ccnc2)cc1. The highest BCUT2D eigenvalue weighted by Crippen LogP contribution is 2.09. The Balaban J connectivity index is 2.01. The molecule has 0 radical (unpaired) electrons. The van der Waals surface area contributed by atoms with Crippen LogP contribution in [0.1, 0.15) is 12.5 Å². The molecule has 0 aliphatic heterocycles. The third-order valence-electron chi connectivity index (χ3n) is 2.72. The Hall–Kier alpha value is -1.87. The van der Waals surface area contributed by atoms with Crippen molar-refractivity contribution in [1.29, 1.82) is 0 Å². The molecule has 1 aromatic carbocycles. The van der Waals surface area contributed by atoms with Crippen molar-refractivity contribution in [2.45, 2.75) is 19.5 Å². The van der Waals surface area contributed by atoms with Crippen molar-refractivity contribution in [3.63, 3.8) is 0 Å². The molecular weight excluding hydrogens is 210 g/mol. The van der Waals surface area contributed by atoms with E-state index in [0.29, 0.717) is 6.04 Å². The van der Waals surface area contributed by atoms with E-state index in [1.807, 2.05) is 16.8 Å². The van der Waals surface area contributed by atoms with E-state index in [2.05, 4.69) is 48.1 Å². The molecule has 1 atom stereocenters. The first-order chi connectivity index (χ1) is 8.29. The van der Waals surface area contributed by atoms with Crippen molar-refractivity contribution in [3.05, 3.63) is 61.2 Å². The smallest absolute Gasteiger partial charge is 0.0991 e. The summed E-state index contributed by atoms with van der Waals surface area (Å²) in [4.78, 5) is 4.03. The minimum absolute atomic E-state index is 0.336. The van der Waals surface area contributed by atoms with Crippen LogP contribution in [0.15, 0.2) is 55.6 Å². The summed E-state index contributed by atoms with van der Waals surface area (Å²) in [5, 5.41) is 3.37. The van der Waals surface area contributed by atoms with Gasteiger partial charge in [0.1, 0.15) is 0 Å². The van der Waals surface area contributed by atoms with Crippen molar-refractivity contribution in [1.82, 2.24) is 14.9 Å². The average Bonchev–Trinajstić information content (AvgIpc) is 2.90. The number of rotatable bonds is 5. The van der Waals surface area contributed by atoms with Crippen LogP contribution in [0.4, 0.5) is 0 Å². The summed E-state index contributed by atoms with van der Waals surface area (Å²) >= 11 is 0. The van der Waals surface area contributed by atoms with Crippen molar-refractivity contribution in [3.8, 4) is 5.69 Å². The summed E-state index contributed by atoms with van der Waals surface area (Å²) in [6, 6.07) is 8.77. The van der Waals surface area contributed by atoms with Gasteiger partial charge in [-0.2, -0.15) is 0 Å². The molecule has 17 heavy (non-hydrogen) atoms. The Morgan fingerprint density at radius 3 is 2.76 bits per heavy atom. The van der Waals surface area contributed by atoms with Gasteiger partial charge in [0.05, 0.1) is 6.33 Å². The van der Waals surface area contributed by atoms with Crippen LogP contribution >= 0.6 is 0 Å². The molecule has 0 spiro atoms. The van der Waals surface area contributed by atoms with E-state index in [1.165, 1.54) is 5.56 Å². The lowest BCUT2D eigenvalue weighted by Gasteiger charge is -2.09. The standard InChI is InChI=1S/C14H17N3/c1-3-12(2)16-10-13-4-6-14(7-5-13)17-9-8-15-11-17/h3-9,11-12,16H,1,10H2,2H3. The van der Waals surface area contributed by atoms with Crippen LogP contribution in [-0.4, -0.2) is 15.6 Å². The summed E-state index contributed by atoms with van der Waals surface area (Å²) in [6.45, 7) is 6.70. The number of hydrogen-bond donors (Lipinski definition) is 1. The highest BCUT2D eigenvalue weighted by Gasteiger charge is 1.98. The fourth-order valence-corrected chi connectivity index (χ4v) is 1.56. The molecule has 0 amide bonds. The second-order valence-electron chi connectivity index (χ2n) is 4.04. The molecule has 1 heterocycles. The number of benzene rings is 1. The Morgan fingerprint density at radius 1 is 1.41 bits per heavy atom. The molecule has 0 saturated carbocycles. The minimum Gasteiger partial charge on any atom is -0.307 e. The molecule has 0 aliphatic carbocycles. The monoisotopic (exact) mass is 227 g/mol. The maximum atomic E-state index is 4.03. The topological polar surface area (TPSA) is 29.9 Å². The summed E-state index contributed by atoms with van der Waals surface area (Å²) < 4.78 is 1.99. The lowest BCUT2D eigenvalue weighted by molar-refractivity contribution is 0.634. The predicted octanol–water partition coefficient (Wildman–Crippen LogP) is 2.54. The molecule has 1 N–H and O–H groups in total. The number of nitrogens with one attached hydrogen (secondary N) is 1.